The molecule has 2 bridgehead atoms. The average molecular weight is 292 g/mol. The second-order valence-corrected chi connectivity index (χ2v) is 6.95. The zero-order chi connectivity index (χ0) is 14.9. The maximum Gasteiger partial charge on any atom is 0.0317 e. The van der Waals surface area contributed by atoms with Crippen LogP contribution in [-0.2, 0) is 19.4 Å². The minimum absolute atomic E-state index is 0.680. The van der Waals surface area contributed by atoms with E-state index in [1.807, 2.05) is 6.07 Å². The first-order valence-electron chi connectivity index (χ1n) is 8.43. The Hall–Kier alpha value is -1.80. The summed E-state index contributed by atoms with van der Waals surface area (Å²) < 4.78 is 0. The van der Waals surface area contributed by atoms with Crippen LogP contribution in [0.15, 0.2) is 48.5 Å². The van der Waals surface area contributed by atoms with Crippen LogP contribution in [0.4, 0.5) is 5.69 Å². The molecule has 22 heavy (non-hydrogen) atoms. The third kappa shape index (κ3) is 2.76. The fraction of sp³-hybridized carbons (Fsp3) is 0.400. The van der Waals surface area contributed by atoms with Gasteiger partial charge in [-0.25, -0.2) is 0 Å². The minimum Gasteiger partial charge on any atom is -0.399 e. The summed E-state index contributed by atoms with van der Waals surface area (Å²) in [5.74, 6) is 0.804. The smallest absolute Gasteiger partial charge is 0.0317 e. The third-order valence-electron chi connectivity index (χ3n) is 5.34. The maximum atomic E-state index is 5.94. The molecule has 2 heterocycles. The summed E-state index contributed by atoms with van der Waals surface area (Å²) in [5, 5.41) is 0. The highest BCUT2D eigenvalue weighted by Crippen LogP contribution is 2.33. The number of hydrogen-bond donors (Lipinski definition) is 1. The summed E-state index contributed by atoms with van der Waals surface area (Å²) in [6.45, 7) is 2.27. The van der Waals surface area contributed by atoms with E-state index in [9.17, 15) is 0 Å². The summed E-state index contributed by atoms with van der Waals surface area (Å²) in [7, 11) is 0. The number of hydrogen-bond acceptors (Lipinski definition) is 2. The third-order valence-corrected chi connectivity index (χ3v) is 5.34. The van der Waals surface area contributed by atoms with Gasteiger partial charge in [-0.3, -0.25) is 4.90 Å². The van der Waals surface area contributed by atoms with Crippen LogP contribution < -0.4 is 5.73 Å². The molecule has 5 rings (SSSR count). The molecule has 0 aromatic heterocycles. The molecular formula is C20H24N2. The molecule has 1 saturated heterocycles. The van der Waals surface area contributed by atoms with Crippen molar-refractivity contribution >= 4 is 5.69 Å². The van der Waals surface area contributed by atoms with Crippen molar-refractivity contribution in [1.82, 2.24) is 4.90 Å². The van der Waals surface area contributed by atoms with E-state index in [4.69, 9.17) is 5.73 Å². The first kappa shape index (κ1) is 13.8. The van der Waals surface area contributed by atoms with Gasteiger partial charge in [0, 0.05) is 24.8 Å². The number of rotatable bonds is 2. The van der Waals surface area contributed by atoms with E-state index in [0.29, 0.717) is 6.04 Å². The molecule has 114 valence electrons. The molecule has 2 aromatic carbocycles. The van der Waals surface area contributed by atoms with Crippen LogP contribution in [0.3, 0.4) is 0 Å². The first-order chi connectivity index (χ1) is 10.8. The number of benzene rings is 2. The molecule has 1 fully saturated rings. The van der Waals surface area contributed by atoms with Crippen molar-refractivity contribution in [2.75, 3.05) is 12.3 Å². The topological polar surface area (TPSA) is 29.3 Å². The van der Waals surface area contributed by atoms with Gasteiger partial charge in [0.1, 0.15) is 0 Å². The quantitative estimate of drug-likeness (QED) is 0.856. The van der Waals surface area contributed by atoms with Gasteiger partial charge >= 0.3 is 0 Å². The highest BCUT2D eigenvalue weighted by Gasteiger charge is 2.31. The highest BCUT2D eigenvalue weighted by atomic mass is 15.2. The number of fused-ring (bicyclic) bond motifs is 2. The standard InChI is InChI=1S/C20H24N2/c21-19-7-3-4-15(11-19)13-22-14-16-8-9-20(22)12-18-6-2-1-5-17(18)10-16/h1-7,11,16,20H,8-10,12-14,21H2. The number of nitrogens with zero attached hydrogens (tertiary/aromatic N) is 1. The molecule has 0 spiro atoms. The van der Waals surface area contributed by atoms with Gasteiger partial charge in [0.2, 0.25) is 0 Å². The molecule has 2 N–H and O–H groups in total. The van der Waals surface area contributed by atoms with Gasteiger partial charge in [0.25, 0.3) is 0 Å². The number of piperidine rings is 1. The van der Waals surface area contributed by atoms with Crippen molar-refractivity contribution in [3.63, 3.8) is 0 Å². The van der Waals surface area contributed by atoms with Crippen molar-refractivity contribution in [2.24, 2.45) is 5.92 Å². The predicted octanol–water partition coefficient (Wildman–Crippen LogP) is 3.65. The van der Waals surface area contributed by atoms with Crippen LogP contribution in [0.1, 0.15) is 29.5 Å². The molecule has 3 aliphatic rings. The average Bonchev–Trinajstić information content (AvgIpc) is 2.48. The molecule has 0 amide bonds. The van der Waals surface area contributed by atoms with Crippen molar-refractivity contribution in [2.45, 2.75) is 38.3 Å². The Morgan fingerprint density at radius 1 is 0.955 bits per heavy atom. The van der Waals surface area contributed by atoms with Gasteiger partial charge in [-0.2, -0.15) is 0 Å². The number of nitrogens with two attached hydrogens (primary N) is 1. The Morgan fingerprint density at radius 2 is 1.77 bits per heavy atom. The predicted molar refractivity (Wildman–Crippen MR) is 91.6 cm³/mol. The molecule has 2 unspecified atom stereocenters. The van der Waals surface area contributed by atoms with Gasteiger partial charge < -0.3 is 5.73 Å². The van der Waals surface area contributed by atoms with E-state index in [1.165, 1.54) is 37.8 Å². The van der Waals surface area contributed by atoms with Gasteiger partial charge in [0.05, 0.1) is 0 Å². The van der Waals surface area contributed by atoms with Crippen LogP contribution in [0.2, 0.25) is 0 Å². The van der Waals surface area contributed by atoms with E-state index < -0.39 is 0 Å². The van der Waals surface area contributed by atoms with Gasteiger partial charge in [-0.05, 0) is 60.4 Å². The lowest BCUT2D eigenvalue weighted by Gasteiger charge is -2.42. The van der Waals surface area contributed by atoms with Crippen LogP contribution in [0, 0.1) is 5.92 Å². The lowest BCUT2D eigenvalue weighted by molar-refractivity contribution is 0.0938. The van der Waals surface area contributed by atoms with E-state index in [0.717, 1.165) is 18.2 Å². The van der Waals surface area contributed by atoms with Crippen molar-refractivity contribution in [1.29, 1.82) is 0 Å². The molecule has 1 aliphatic carbocycles. The monoisotopic (exact) mass is 292 g/mol. The Balaban J connectivity index is 1.58. The zero-order valence-electron chi connectivity index (χ0n) is 13.0. The van der Waals surface area contributed by atoms with Crippen molar-refractivity contribution in [3.05, 3.63) is 65.2 Å². The largest absolute Gasteiger partial charge is 0.399 e. The van der Waals surface area contributed by atoms with E-state index in [-0.39, 0.29) is 0 Å². The zero-order valence-corrected chi connectivity index (χ0v) is 13.0. The number of nitrogen functional groups attached to an aromatic ring is 1. The highest BCUT2D eigenvalue weighted by molar-refractivity contribution is 5.40. The Labute approximate surface area is 132 Å². The summed E-state index contributed by atoms with van der Waals surface area (Å²) in [4.78, 5) is 2.69. The van der Waals surface area contributed by atoms with E-state index >= 15 is 0 Å². The molecular weight excluding hydrogens is 268 g/mol. The molecule has 2 atom stereocenters. The summed E-state index contributed by atoms with van der Waals surface area (Å²) in [6.07, 6.45) is 5.16. The first-order valence-corrected chi connectivity index (χ1v) is 8.43. The molecule has 2 aliphatic heterocycles. The maximum absolute atomic E-state index is 5.94. The fourth-order valence-corrected chi connectivity index (χ4v) is 4.22. The molecule has 0 saturated carbocycles. The van der Waals surface area contributed by atoms with Crippen LogP contribution in [-0.4, -0.2) is 17.5 Å². The second kappa shape index (κ2) is 5.77. The second-order valence-electron chi connectivity index (χ2n) is 6.95. The Bertz CT molecular complexity index is 664. The Kier molecular flexibility index (Phi) is 3.63. The summed E-state index contributed by atoms with van der Waals surface area (Å²) in [6, 6.07) is 18.1. The van der Waals surface area contributed by atoms with Crippen LogP contribution in [0.5, 0.6) is 0 Å². The SMILES string of the molecule is Nc1cccc(CN2CC3CCC2Cc2ccccc2C3)c1. The summed E-state index contributed by atoms with van der Waals surface area (Å²) >= 11 is 0. The minimum atomic E-state index is 0.680. The molecule has 2 aromatic rings. The van der Waals surface area contributed by atoms with Gasteiger partial charge in [0.15, 0.2) is 0 Å². The fourth-order valence-electron chi connectivity index (χ4n) is 4.22. The van der Waals surface area contributed by atoms with Gasteiger partial charge in [-0.15, -0.1) is 0 Å². The normalized spacial score (nSPS) is 24.5. The van der Waals surface area contributed by atoms with Crippen molar-refractivity contribution < 1.29 is 0 Å². The molecule has 2 nitrogen and oxygen atoms in total. The van der Waals surface area contributed by atoms with E-state index in [2.05, 4.69) is 47.4 Å². The summed E-state index contributed by atoms with van der Waals surface area (Å²) in [5.41, 5.74) is 11.3. The Morgan fingerprint density at radius 3 is 2.59 bits per heavy atom. The van der Waals surface area contributed by atoms with E-state index in [1.54, 1.807) is 11.1 Å². The lowest BCUT2D eigenvalue weighted by Crippen LogP contribution is -2.46. The molecule has 0 radical (unpaired) electrons. The van der Waals surface area contributed by atoms with Crippen LogP contribution >= 0.6 is 0 Å². The molecule has 2 heteroatoms. The van der Waals surface area contributed by atoms with Crippen LogP contribution in [0.25, 0.3) is 0 Å². The lowest BCUT2D eigenvalue weighted by atomic mass is 9.80. The van der Waals surface area contributed by atoms with Gasteiger partial charge in [-0.1, -0.05) is 36.4 Å². The van der Waals surface area contributed by atoms with Crippen molar-refractivity contribution in [3.8, 4) is 0 Å². The number of anilines is 1.